The number of amides is 1. The van der Waals surface area contributed by atoms with E-state index in [-0.39, 0.29) is 11.9 Å². The summed E-state index contributed by atoms with van der Waals surface area (Å²) < 4.78 is 0. The Morgan fingerprint density at radius 3 is 2.63 bits per heavy atom. The van der Waals surface area contributed by atoms with Gasteiger partial charge in [0.2, 0.25) is 5.91 Å². The van der Waals surface area contributed by atoms with Gasteiger partial charge in [-0.2, -0.15) is 5.26 Å². The van der Waals surface area contributed by atoms with Crippen LogP contribution < -0.4 is 5.32 Å². The van der Waals surface area contributed by atoms with E-state index in [1.54, 1.807) is 12.4 Å². The maximum absolute atomic E-state index is 11.9. The number of hydrogen-bond acceptors (Lipinski definition) is 3. The van der Waals surface area contributed by atoms with E-state index >= 15 is 0 Å². The SMILES string of the molecule is N#CCC1CCC(NC(=O)Cc2ccncc2)CC1. The molecule has 0 aliphatic heterocycles. The summed E-state index contributed by atoms with van der Waals surface area (Å²) in [5, 5.41) is 11.8. The number of nitrogens with zero attached hydrogens (tertiary/aromatic N) is 2. The molecule has 1 aromatic rings. The van der Waals surface area contributed by atoms with Gasteiger partial charge in [0.15, 0.2) is 0 Å². The second kappa shape index (κ2) is 6.89. The minimum Gasteiger partial charge on any atom is -0.353 e. The molecule has 1 amide bonds. The summed E-state index contributed by atoms with van der Waals surface area (Å²) in [5.41, 5.74) is 0.991. The largest absolute Gasteiger partial charge is 0.353 e. The molecule has 4 nitrogen and oxygen atoms in total. The highest BCUT2D eigenvalue weighted by Gasteiger charge is 2.22. The molecule has 0 aromatic carbocycles. The van der Waals surface area contributed by atoms with Crippen LogP contribution in [0.25, 0.3) is 0 Å². The highest BCUT2D eigenvalue weighted by atomic mass is 16.1. The van der Waals surface area contributed by atoms with Gasteiger partial charge in [-0.3, -0.25) is 9.78 Å². The molecule has 1 aliphatic rings. The lowest BCUT2D eigenvalue weighted by atomic mass is 9.84. The molecule has 0 unspecified atom stereocenters. The standard InChI is InChI=1S/C15H19N3O/c16-8-5-12-1-3-14(4-2-12)18-15(19)11-13-6-9-17-10-7-13/h6-7,9-10,12,14H,1-5,11H2,(H,18,19). The third-order valence-electron chi connectivity index (χ3n) is 3.71. The number of rotatable bonds is 4. The van der Waals surface area contributed by atoms with Crippen molar-refractivity contribution in [1.29, 1.82) is 5.26 Å². The fraction of sp³-hybridized carbons (Fsp3) is 0.533. The molecule has 0 atom stereocenters. The Bertz CT molecular complexity index is 444. The van der Waals surface area contributed by atoms with Crippen molar-refractivity contribution in [3.8, 4) is 6.07 Å². The van der Waals surface area contributed by atoms with Crippen LogP contribution in [0.2, 0.25) is 0 Å². The van der Waals surface area contributed by atoms with E-state index in [0.717, 1.165) is 31.2 Å². The van der Waals surface area contributed by atoms with Gasteiger partial charge in [-0.15, -0.1) is 0 Å². The molecule has 1 N–H and O–H groups in total. The topological polar surface area (TPSA) is 65.8 Å². The zero-order valence-corrected chi connectivity index (χ0v) is 11.0. The smallest absolute Gasteiger partial charge is 0.224 e. The zero-order valence-electron chi connectivity index (χ0n) is 11.0. The second-order valence-corrected chi connectivity index (χ2v) is 5.18. The van der Waals surface area contributed by atoms with Crippen molar-refractivity contribution in [2.45, 2.75) is 44.6 Å². The van der Waals surface area contributed by atoms with Crippen LogP contribution in [0.1, 0.15) is 37.7 Å². The van der Waals surface area contributed by atoms with Crippen molar-refractivity contribution in [2.75, 3.05) is 0 Å². The number of carbonyl (C=O) groups is 1. The van der Waals surface area contributed by atoms with E-state index in [1.165, 1.54) is 0 Å². The molecule has 100 valence electrons. The van der Waals surface area contributed by atoms with Crippen LogP contribution in [0.5, 0.6) is 0 Å². The molecule has 0 saturated heterocycles. The first-order valence-corrected chi connectivity index (χ1v) is 6.83. The van der Waals surface area contributed by atoms with Crippen LogP contribution >= 0.6 is 0 Å². The molecule has 19 heavy (non-hydrogen) atoms. The molecule has 2 rings (SSSR count). The molecule has 0 bridgehead atoms. The van der Waals surface area contributed by atoms with Crippen molar-refractivity contribution in [1.82, 2.24) is 10.3 Å². The predicted octanol–water partition coefficient (Wildman–Crippen LogP) is 2.21. The first-order chi connectivity index (χ1) is 9.28. The van der Waals surface area contributed by atoms with Crippen molar-refractivity contribution in [3.63, 3.8) is 0 Å². The lowest BCUT2D eigenvalue weighted by molar-refractivity contribution is -0.121. The Kier molecular flexibility index (Phi) is 4.91. The van der Waals surface area contributed by atoms with Crippen LogP contribution in [0.3, 0.4) is 0 Å². The van der Waals surface area contributed by atoms with Crippen LogP contribution in [0, 0.1) is 17.2 Å². The molecule has 4 heteroatoms. The fourth-order valence-corrected chi connectivity index (χ4v) is 2.60. The van der Waals surface area contributed by atoms with Crippen LogP contribution in [-0.4, -0.2) is 16.9 Å². The molecule has 1 heterocycles. The van der Waals surface area contributed by atoms with Crippen molar-refractivity contribution >= 4 is 5.91 Å². The predicted molar refractivity (Wildman–Crippen MR) is 72.1 cm³/mol. The van der Waals surface area contributed by atoms with E-state index in [9.17, 15) is 4.79 Å². The Labute approximate surface area is 113 Å². The third-order valence-corrected chi connectivity index (χ3v) is 3.71. The quantitative estimate of drug-likeness (QED) is 0.899. The summed E-state index contributed by atoms with van der Waals surface area (Å²) in [7, 11) is 0. The summed E-state index contributed by atoms with van der Waals surface area (Å²) in [5.74, 6) is 0.605. The summed E-state index contributed by atoms with van der Waals surface area (Å²) >= 11 is 0. The minimum atomic E-state index is 0.0786. The number of hydrogen-bond donors (Lipinski definition) is 1. The van der Waals surface area contributed by atoms with Crippen molar-refractivity contribution < 1.29 is 4.79 Å². The highest BCUT2D eigenvalue weighted by Crippen LogP contribution is 2.26. The molecular formula is C15H19N3O. The Hall–Kier alpha value is -1.89. The van der Waals surface area contributed by atoms with E-state index in [1.807, 2.05) is 12.1 Å². The summed E-state index contributed by atoms with van der Waals surface area (Å²) in [6, 6.07) is 6.24. The maximum atomic E-state index is 11.9. The molecule has 1 saturated carbocycles. The molecule has 1 aliphatic carbocycles. The average Bonchev–Trinajstić information content (AvgIpc) is 2.42. The lowest BCUT2D eigenvalue weighted by Crippen LogP contribution is -2.38. The fourth-order valence-electron chi connectivity index (χ4n) is 2.60. The second-order valence-electron chi connectivity index (χ2n) is 5.18. The zero-order chi connectivity index (χ0) is 13.5. The van der Waals surface area contributed by atoms with E-state index in [0.29, 0.717) is 18.8 Å². The molecular weight excluding hydrogens is 238 g/mol. The van der Waals surface area contributed by atoms with Crippen LogP contribution in [0.15, 0.2) is 24.5 Å². The summed E-state index contributed by atoms with van der Waals surface area (Å²) in [4.78, 5) is 15.8. The molecule has 0 radical (unpaired) electrons. The van der Waals surface area contributed by atoms with Crippen molar-refractivity contribution in [3.05, 3.63) is 30.1 Å². The van der Waals surface area contributed by atoms with Gasteiger partial charge in [0, 0.05) is 24.9 Å². The normalized spacial score (nSPS) is 22.5. The average molecular weight is 257 g/mol. The first-order valence-electron chi connectivity index (χ1n) is 6.83. The number of aromatic nitrogens is 1. The number of nitrogens with one attached hydrogen (secondary N) is 1. The van der Waals surface area contributed by atoms with Gasteiger partial charge < -0.3 is 5.32 Å². The maximum Gasteiger partial charge on any atom is 0.224 e. The Balaban J connectivity index is 1.74. The van der Waals surface area contributed by atoms with E-state index in [4.69, 9.17) is 5.26 Å². The number of pyridine rings is 1. The minimum absolute atomic E-state index is 0.0786. The van der Waals surface area contributed by atoms with Gasteiger partial charge in [0.1, 0.15) is 0 Å². The van der Waals surface area contributed by atoms with Gasteiger partial charge in [0.25, 0.3) is 0 Å². The molecule has 0 spiro atoms. The number of carbonyl (C=O) groups excluding carboxylic acids is 1. The van der Waals surface area contributed by atoms with Gasteiger partial charge in [-0.25, -0.2) is 0 Å². The molecule has 1 fully saturated rings. The van der Waals surface area contributed by atoms with Crippen molar-refractivity contribution in [2.24, 2.45) is 5.92 Å². The van der Waals surface area contributed by atoms with Crippen LogP contribution in [0.4, 0.5) is 0 Å². The number of nitriles is 1. The summed E-state index contributed by atoms with van der Waals surface area (Å²) in [6.45, 7) is 0. The monoisotopic (exact) mass is 257 g/mol. The van der Waals surface area contributed by atoms with Gasteiger partial charge >= 0.3 is 0 Å². The van der Waals surface area contributed by atoms with Gasteiger partial charge in [-0.1, -0.05) is 0 Å². The third kappa shape index (κ3) is 4.36. The van der Waals surface area contributed by atoms with E-state index < -0.39 is 0 Å². The van der Waals surface area contributed by atoms with E-state index in [2.05, 4.69) is 16.4 Å². The van der Waals surface area contributed by atoms with Gasteiger partial charge in [0.05, 0.1) is 12.5 Å². The Morgan fingerprint density at radius 2 is 2.00 bits per heavy atom. The Morgan fingerprint density at radius 1 is 1.32 bits per heavy atom. The highest BCUT2D eigenvalue weighted by molar-refractivity contribution is 5.78. The summed E-state index contributed by atoms with van der Waals surface area (Å²) in [6.07, 6.45) is 8.56. The van der Waals surface area contributed by atoms with Gasteiger partial charge in [-0.05, 0) is 49.3 Å². The molecule has 1 aromatic heterocycles. The van der Waals surface area contributed by atoms with Crippen LogP contribution in [-0.2, 0) is 11.2 Å². The lowest BCUT2D eigenvalue weighted by Gasteiger charge is -2.27. The first kappa shape index (κ1) is 13.5.